The molecule has 0 aromatic rings. The summed E-state index contributed by atoms with van der Waals surface area (Å²) in [5.41, 5.74) is -2.23. The number of hydrogen-bond donors (Lipinski definition) is 0. The summed E-state index contributed by atoms with van der Waals surface area (Å²) in [6, 6.07) is 0. The Morgan fingerprint density at radius 3 is 1.93 bits per heavy atom. The van der Waals surface area contributed by atoms with Crippen LogP contribution in [0.4, 0.5) is 8.78 Å². The van der Waals surface area contributed by atoms with Crippen LogP contribution in [0.5, 0.6) is 0 Å². The first-order valence-electron chi connectivity index (χ1n) is 4.18. The van der Waals surface area contributed by atoms with Crippen molar-refractivity contribution in [1.29, 1.82) is 0 Å². The minimum atomic E-state index is -5.05. The Bertz CT molecular complexity index is 216. The van der Waals surface area contributed by atoms with E-state index in [1.54, 1.807) is 0 Å². The van der Waals surface area contributed by atoms with E-state index < -0.39 is 19.1 Å². The van der Waals surface area contributed by atoms with E-state index in [2.05, 4.69) is 0 Å². The Balaban J connectivity index is 4.88. The number of halogens is 2. The number of ether oxygens (including phenoxy) is 2. The Morgan fingerprint density at radius 1 is 1.36 bits per heavy atom. The second kappa shape index (κ2) is 5.16. The largest absolute Gasteiger partial charge is 0.792 e. The predicted molar refractivity (Wildman–Crippen MR) is 45.3 cm³/mol. The molecule has 14 heavy (non-hydrogen) atoms. The molecule has 0 saturated carbocycles. The van der Waals surface area contributed by atoms with Crippen molar-refractivity contribution in [2.24, 2.45) is 0 Å². The van der Waals surface area contributed by atoms with Crippen LogP contribution in [0.3, 0.4) is 0 Å². The van der Waals surface area contributed by atoms with Crippen LogP contribution in [-0.2, 0) is 14.0 Å². The van der Waals surface area contributed by atoms with E-state index in [4.69, 9.17) is 9.47 Å². The Kier molecular flexibility index (Phi) is 5.15. The number of hydrogen-bond acceptors (Lipinski definition) is 4. The van der Waals surface area contributed by atoms with Crippen LogP contribution in [0.25, 0.3) is 0 Å². The lowest BCUT2D eigenvalue weighted by Gasteiger charge is -2.40. The van der Waals surface area contributed by atoms with Gasteiger partial charge in [0.15, 0.2) is 0 Å². The second-order valence-corrected chi connectivity index (χ2v) is 5.04. The fourth-order valence-electron chi connectivity index (χ4n) is 0.935. The van der Waals surface area contributed by atoms with Crippen molar-refractivity contribution in [3.8, 4) is 0 Å². The molecule has 0 amide bonds. The summed E-state index contributed by atoms with van der Waals surface area (Å²) in [7, 11) is -5.05. The van der Waals surface area contributed by atoms with Crippen molar-refractivity contribution in [2.75, 3.05) is 13.2 Å². The van der Waals surface area contributed by atoms with Gasteiger partial charge in [0.2, 0.25) is 5.53 Å². The molecule has 0 spiro atoms. The minimum Gasteiger partial charge on any atom is -0.792 e. The zero-order valence-corrected chi connectivity index (χ0v) is 9.22. The van der Waals surface area contributed by atoms with Gasteiger partial charge in [0.1, 0.15) is 7.37 Å². The molecule has 0 N–H and O–H groups in total. The third-order valence-electron chi connectivity index (χ3n) is 1.65. The van der Waals surface area contributed by atoms with Crippen molar-refractivity contribution < 1.29 is 27.7 Å². The van der Waals surface area contributed by atoms with E-state index >= 15 is 0 Å². The highest BCUT2D eigenvalue weighted by Gasteiger charge is 2.44. The quantitative estimate of drug-likeness (QED) is 0.514. The number of rotatable bonds is 6. The van der Waals surface area contributed by atoms with Crippen molar-refractivity contribution in [2.45, 2.75) is 32.5 Å². The molecule has 1 unspecified atom stereocenters. The third-order valence-corrected chi connectivity index (χ3v) is 3.55. The van der Waals surface area contributed by atoms with Gasteiger partial charge in [-0.3, -0.25) is 0 Å². The van der Waals surface area contributed by atoms with Crippen molar-refractivity contribution >= 4 is 7.37 Å². The maximum absolute atomic E-state index is 12.2. The molecule has 0 heterocycles. The van der Waals surface area contributed by atoms with Crippen LogP contribution < -0.4 is 4.89 Å². The summed E-state index contributed by atoms with van der Waals surface area (Å²) < 4.78 is 45.0. The molecule has 0 bridgehead atoms. The average Bonchev–Trinajstić information content (AvgIpc) is 2.04. The highest BCUT2D eigenvalue weighted by molar-refractivity contribution is 7.58. The van der Waals surface area contributed by atoms with Crippen LogP contribution >= 0.6 is 7.37 Å². The number of alkyl halides is 2. The monoisotopic (exact) mass is 231 g/mol. The maximum atomic E-state index is 12.2. The first kappa shape index (κ1) is 14.0. The summed E-state index contributed by atoms with van der Waals surface area (Å²) in [5.74, 6) is 0. The molecular formula is C7H14F2O4P-. The van der Waals surface area contributed by atoms with E-state index in [9.17, 15) is 18.2 Å². The van der Waals surface area contributed by atoms with Gasteiger partial charge in [-0.25, -0.2) is 8.78 Å². The fourth-order valence-corrected chi connectivity index (χ4v) is 1.91. The van der Waals surface area contributed by atoms with Gasteiger partial charge in [0.25, 0.3) is 6.17 Å². The molecule has 0 radical (unpaired) electrons. The van der Waals surface area contributed by atoms with Gasteiger partial charge in [-0.2, -0.15) is 0 Å². The molecule has 0 aromatic carbocycles. The van der Waals surface area contributed by atoms with Crippen LogP contribution in [0.15, 0.2) is 0 Å². The molecule has 0 aliphatic carbocycles. The smallest absolute Gasteiger partial charge is 0.281 e. The first-order chi connectivity index (χ1) is 6.31. The lowest BCUT2D eigenvalue weighted by Crippen LogP contribution is -2.39. The SMILES string of the molecule is CCOC(C)(OCC)P(=O)([O-])C(F)F. The summed E-state index contributed by atoms with van der Waals surface area (Å²) in [5, 5.41) is 0. The van der Waals surface area contributed by atoms with Gasteiger partial charge in [-0.15, -0.1) is 0 Å². The van der Waals surface area contributed by atoms with E-state index in [0.29, 0.717) is 0 Å². The zero-order valence-electron chi connectivity index (χ0n) is 8.33. The Morgan fingerprint density at radius 2 is 1.71 bits per heavy atom. The zero-order chi connectivity index (χ0) is 11.4. The lowest BCUT2D eigenvalue weighted by atomic mass is 10.7. The Labute approximate surface area is 81.7 Å². The van der Waals surface area contributed by atoms with E-state index in [1.807, 2.05) is 0 Å². The maximum Gasteiger partial charge on any atom is 0.281 e. The molecule has 4 nitrogen and oxygen atoms in total. The van der Waals surface area contributed by atoms with Crippen molar-refractivity contribution in [3.05, 3.63) is 0 Å². The normalized spacial score (nSPS) is 17.1. The predicted octanol–water partition coefficient (Wildman–Crippen LogP) is 1.59. The molecular weight excluding hydrogens is 217 g/mol. The summed E-state index contributed by atoms with van der Waals surface area (Å²) in [6.45, 7) is 3.95. The van der Waals surface area contributed by atoms with E-state index in [-0.39, 0.29) is 13.2 Å². The van der Waals surface area contributed by atoms with Gasteiger partial charge < -0.3 is 18.9 Å². The fraction of sp³-hybridized carbons (Fsp3) is 1.00. The molecule has 86 valence electrons. The summed E-state index contributed by atoms with van der Waals surface area (Å²) in [6.07, 6.45) is -3.48. The average molecular weight is 231 g/mol. The van der Waals surface area contributed by atoms with E-state index in [1.165, 1.54) is 13.8 Å². The summed E-state index contributed by atoms with van der Waals surface area (Å²) in [4.78, 5) is 11.2. The van der Waals surface area contributed by atoms with Crippen LogP contribution in [0, 0.1) is 0 Å². The highest BCUT2D eigenvalue weighted by Crippen LogP contribution is 2.56. The molecule has 1 atom stereocenters. The molecule has 7 heteroatoms. The molecule has 0 aliphatic heterocycles. The third kappa shape index (κ3) is 2.73. The highest BCUT2D eigenvalue weighted by atomic mass is 31.2. The molecule has 0 fully saturated rings. The topological polar surface area (TPSA) is 58.6 Å². The van der Waals surface area contributed by atoms with Gasteiger partial charge >= 0.3 is 0 Å². The molecule has 0 rings (SSSR count). The van der Waals surface area contributed by atoms with Gasteiger partial charge in [0, 0.05) is 13.2 Å². The van der Waals surface area contributed by atoms with E-state index in [0.717, 1.165) is 6.92 Å². The van der Waals surface area contributed by atoms with Gasteiger partial charge in [-0.1, -0.05) is 0 Å². The molecule has 0 saturated heterocycles. The first-order valence-corrected chi connectivity index (χ1v) is 5.88. The second-order valence-electron chi connectivity index (χ2n) is 2.64. The minimum absolute atomic E-state index is 0.0184. The van der Waals surface area contributed by atoms with Gasteiger partial charge in [0.05, 0.1) is 0 Å². The summed E-state index contributed by atoms with van der Waals surface area (Å²) >= 11 is 0. The van der Waals surface area contributed by atoms with Crippen LogP contribution in [0.2, 0.25) is 0 Å². The molecule has 0 aromatic heterocycles. The Hall–Kier alpha value is -0.0300. The standard InChI is InChI=1S/C7H15F2O4P/c1-4-12-7(3,13-5-2)14(10,11)6(8)9/h6H,4-5H2,1-3H3,(H,10,11)/p-1. The van der Waals surface area contributed by atoms with Crippen LogP contribution in [0.1, 0.15) is 20.8 Å². The van der Waals surface area contributed by atoms with Crippen molar-refractivity contribution in [1.82, 2.24) is 0 Å². The lowest BCUT2D eigenvalue weighted by molar-refractivity contribution is -0.247. The molecule has 0 aliphatic rings. The van der Waals surface area contributed by atoms with Crippen molar-refractivity contribution in [3.63, 3.8) is 0 Å². The van der Waals surface area contributed by atoms with Gasteiger partial charge in [-0.05, 0) is 20.8 Å². The van der Waals surface area contributed by atoms with Crippen LogP contribution in [-0.4, -0.2) is 24.9 Å².